The molecule has 1 heterocycles. The van der Waals surface area contributed by atoms with E-state index in [4.69, 9.17) is 9.31 Å². The Kier molecular flexibility index (Phi) is 2.41. The van der Waals surface area contributed by atoms with Crippen LogP contribution in [0.1, 0.15) is 40.5 Å². The molecule has 0 amide bonds. The molecule has 0 bridgehead atoms. The Hall–Kier alpha value is -0.0551. The number of nitrogens with one attached hydrogen (secondary N) is 1. The van der Waals surface area contributed by atoms with Crippen LogP contribution in [-0.2, 0) is 9.31 Å². The van der Waals surface area contributed by atoms with Crippen LogP contribution in [-0.4, -0.2) is 30.8 Å². The third-order valence-electron chi connectivity index (χ3n) is 3.45. The molecule has 2 fully saturated rings. The van der Waals surface area contributed by atoms with Gasteiger partial charge in [-0.1, -0.05) is 0 Å². The van der Waals surface area contributed by atoms with Crippen molar-refractivity contribution in [1.29, 1.82) is 0 Å². The smallest absolute Gasteiger partial charge is 0.402 e. The van der Waals surface area contributed by atoms with Crippen LogP contribution in [0.4, 0.5) is 0 Å². The van der Waals surface area contributed by atoms with Gasteiger partial charge in [0.15, 0.2) is 0 Å². The van der Waals surface area contributed by atoms with E-state index in [0.717, 1.165) is 6.44 Å². The van der Waals surface area contributed by atoms with E-state index >= 15 is 0 Å². The second kappa shape index (κ2) is 3.22. The van der Waals surface area contributed by atoms with Crippen molar-refractivity contribution in [2.45, 2.75) is 57.8 Å². The summed E-state index contributed by atoms with van der Waals surface area (Å²) in [7, 11) is -0.0828. The monoisotopic (exact) mass is 197 g/mol. The highest BCUT2D eigenvalue weighted by Crippen LogP contribution is 2.36. The Morgan fingerprint density at radius 1 is 1.14 bits per heavy atom. The molecule has 80 valence electrons. The molecular weight excluding hydrogens is 177 g/mol. The van der Waals surface area contributed by atoms with Gasteiger partial charge in [-0.15, -0.1) is 0 Å². The maximum absolute atomic E-state index is 5.86. The Balaban J connectivity index is 1.85. The quantitative estimate of drug-likeness (QED) is 0.693. The van der Waals surface area contributed by atoms with Crippen molar-refractivity contribution < 1.29 is 9.31 Å². The first kappa shape index (κ1) is 10.5. The fourth-order valence-electron chi connectivity index (χ4n) is 1.60. The van der Waals surface area contributed by atoms with Crippen molar-refractivity contribution >= 4 is 7.12 Å². The lowest BCUT2D eigenvalue weighted by atomic mass is 9.90. The minimum absolute atomic E-state index is 0.0828. The van der Waals surface area contributed by atoms with E-state index in [-0.39, 0.29) is 18.3 Å². The minimum Gasteiger partial charge on any atom is -0.402 e. The first-order chi connectivity index (χ1) is 6.41. The van der Waals surface area contributed by atoms with Gasteiger partial charge >= 0.3 is 7.12 Å². The summed E-state index contributed by atoms with van der Waals surface area (Å²) in [5.41, 5.74) is -0.383. The second-order valence-electron chi connectivity index (χ2n) is 5.37. The molecule has 0 aromatic rings. The van der Waals surface area contributed by atoms with Gasteiger partial charge in [-0.2, -0.15) is 0 Å². The van der Waals surface area contributed by atoms with Crippen molar-refractivity contribution in [1.82, 2.24) is 5.32 Å². The highest BCUT2D eigenvalue weighted by molar-refractivity contribution is 6.45. The molecule has 0 aromatic carbocycles. The van der Waals surface area contributed by atoms with Crippen molar-refractivity contribution in [2.24, 2.45) is 0 Å². The van der Waals surface area contributed by atoms with Crippen LogP contribution in [0.15, 0.2) is 0 Å². The Bertz CT molecular complexity index is 210. The van der Waals surface area contributed by atoms with Crippen molar-refractivity contribution in [3.63, 3.8) is 0 Å². The average Bonchev–Trinajstić information content (AvgIpc) is 2.77. The molecule has 0 radical (unpaired) electrons. The molecule has 0 unspecified atom stereocenters. The number of hydrogen-bond acceptors (Lipinski definition) is 3. The van der Waals surface area contributed by atoms with Crippen LogP contribution in [0, 0.1) is 0 Å². The molecule has 1 N–H and O–H groups in total. The molecule has 1 saturated carbocycles. The Labute approximate surface area is 86.7 Å². The summed E-state index contributed by atoms with van der Waals surface area (Å²) < 4.78 is 11.7. The van der Waals surface area contributed by atoms with E-state index in [1.807, 2.05) is 0 Å². The zero-order valence-corrected chi connectivity index (χ0v) is 9.59. The van der Waals surface area contributed by atoms with Gasteiger partial charge in [0, 0.05) is 12.5 Å². The summed E-state index contributed by atoms with van der Waals surface area (Å²) >= 11 is 0. The molecule has 0 aromatic heterocycles. The summed E-state index contributed by atoms with van der Waals surface area (Å²) in [6.07, 6.45) is 3.43. The molecule has 1 saturated heterocycles. The van der Waals surface area contributed by atoms with E-state index in [9.17, 15) is 0 Å². The molecule has 0 atom stereocenters. The third-order valence-corrected chi connectivity index (χ3v) is 3.45. The molecule has 1 aliphatic carbocycles. The maximum Gasteiger partial charge on any atom is 0.472 e. The Morgan fingerprint density at radius 2 is 1.64 bits per heavy atom. The van der Waals surface area contributed by atoms with E-state index < -0.39 is 0 Å². The summed E-state index contributed by atoms with van der Waals surface area (Å²) in [4.78, 5) is 0. The molecule has 2 aliphatic rings. The lowest BCUT2D eigenvalue weighted by Crippen LogP contribution is -2.41. The molecule has 2 rings (SSSR count). The van der Waals surface area contributed by atoms with E-state index in [2.05, 4.69) is 33.0 Å². The minimum atomic E-state index is -0.192. The van der Waals surface area contributed by atoms with E-state index in [0.29, 0.717) is 6.04 Å². The van der Waals surface area contributed by atoms with Gasteiger partial charge in [0.05, 0.1) is 11.2 Å². The lowest BCUT2D eigenvalue weighted by Gasteiger charge is -2.32. The number of hydrogen-bond donors (Lipinski definition) is 1. The van der Waals surface area contributed by atoms with Gasteiger partial charge in [-0.3, -0.25) is 0 Å². The fourth-order valence-corrected chi connectivity index (χ4v) is 1.60. The van der Waals surface area contributed by atoms with Crippen LogP contribution in [0.3, 0.4) is 0 Å². The van der Waals surface area contributed by atoms with Crippen molar-refractivity contribution in [3.8, 4) is 0 Å². The van der Waals surface area contributed by atoms with Gasteiger partial charge in [-0.05, 0) is 40.5 Å². The molecule has 14 heavy (non-hydrogen) atoms. The summed E-state index contributed by atoms with van der Waals surface area (Å²) in [5.74, 6) is 0. The van der Waals surface area contributed by atoms with Gasteiger partial charge in [-0.25, -0.2) is 0 Å². The summed E-state index contributed by atoms with van der Waals surface area (Å²) in [6.45, 7) is 8.35. The van der Waals surface area contributed by atoms with Gasteiger partial charge in [0.25, 0.3) is 0 Å². The van der Waals surface area contributed by atoms with Crippen LogP contribution in [0.25, 0.3) is 0 Å². The highest BCUT2D eigenvalue weighted by Gasteiger charge is 2.50. The largest absolute Gasteiger partial charge is 0.472 e. The topological polar surface area (TPSA) is 30.5 Å². The second-order valence-corrected chi connectivity index (χ2v) is 5.37. The first-order valence-electron chi connectivity index (χ1n) is 5.50. The lowest BCUT2D eigenvalue weighted by molar-refractivity contribution is 0.00578. The first-order valence-corrected chi connectivity index (χ1v) is 5.50. The summed E-state index contributed by atoms with van der Waals surface area (Å²) in [6, 6.07) is 0.717. The van der Waals surface area contributed by atoms with E-state index in [1.165, 1.54) is 12.8 Å². The molecular formula is C10H20BNO2. The molecule has 4 heteroatoms. The van der Waals surface area contributed by atoms with Crippen molar-refractivity contribution in [2.75, 3.05) is 6.44 Å². The standard InChI is InChI=1S/C10H20BNO2/c1-9(2)10(3,4)14-11(13-9)7-12-8-5-6-8/h8,12H,5-7H2,1-4H3. The van der Waals surface area contributed by atoms with Crippen LogP contribution in [0.5, 0.6) is 0 Å². The maximum atomic E-state index is 5.86. The normalized spacial score (nSPS) is 29.6. The molecule has 1 aliphatic heterocycles. The number of rotatable bonds is 3. The predicted molar refractivity (Wildman–Crippen MR) is 57.1 cm³/mol. The SMILES string of the molecule is CC1(C)OB(CNC2CC2)OC1(C)C. The van der Waals surface area contributed by atoms with Gasteiger partial charge < -0.3 is 14.6 Å². The Morgan fingerprint density at radius 3 is 2.07 bits per heavy atom. The van der Waals surface area contributed by atoms with Gasteiger partial charge in [0.2, 0.25) is 0 Å². The fraction of sp³-hybridized carbons (Fsp3) is 1.00. The molecule has 0 spiro atoms. The zero-order chi connectivity index (χ0) is 10.4. The van der Waals surface area contributed by atoms with E-state index in [1.54, 1.807) is 0 Å². The van der Waals surface area contributed by atoms with Crippen LogP contribution in [0.2, 0.25) is 0 Å². The van der Waals surface area contributed by atoms with Crippen LogP contribution >= 0.6 is 0 Å². The van der Waals surface area contributed by atoms with Crippen LogP contribution < -0.4 is 5.32 Å². The van der Waals surface area contributed by atoms with Gasteiger partial charge in [0.1, 0.15) is 0 Å². The van der Waals surface area contributed by atoms with Crippen molar-refractivity contribution in [3.05, 3.63) is 0 Å². The average molecular weight is 197 g/mol. The third kappa shape index (κ3) is 1.97. The highest BCUT2D eigenvalue weighted by atomic mass is 16.7. The zero-order valence-electron chi connectivity index (χ0n) is 9.59. The predicted octanol–water partition coefficient (Wildman–Crippen LogP) is 1.37. The molecule has 3 nitrogen and oxygen atoms in total. The summed E-state index contributed by atoms with van der Waals surface area (Å²) in [5, 5.41) is 3.42.